The Kier molecular flexibility index (Phi) is 4.11. The number of carbonyl (C=O) groups is 1. The molecule has 1 aliphatic heterocycles. The van der Waals surface area contributed by atoms with Crippen molar-refractivity contribution in [3.05, 3.63) is 0 Å². The molecule has 1 heterocycles. The van der Waals surface area contributed by atoms with Crippen LogP contribution in [-0.4, -0.2) is 31.3 Å². The molecule has 15 heavy (non-hydrogen) atoms. The van der Waals surface area contributed by atoms with E-state index in [2.05, 4.69) is 0 Å². The normalized spacial score (nSPS) is 23.9. The van der Waals surface area contributed by atoms with Gasteiger partial charge >= 0.3 is 5.97 Å². The van der Waals surface area contributed by atoms with Crippen LogP contribution in [0, 0.1) is 5.41 Å². The summed E-state index contributed by atoms with van der Waals surface area (Å²) in [7, 11) is 0. The average Bonchev–Trinajstić information content (AvgIpc) is 2.63. The van der Waals surface area contributed by atoms with E-state index in [9.17, 15) is 4.79 Å². The summed E-state index contributed by atoms with van der Waals surface area (Å²) < 4.78 is 10.5. The van der Waals surface area contributed by atoms with Crippen molar-refractivity contribution >= 4 is 5.97 Å². The summed E-state index contributed by atoms with van der Waals surface area (Å²) in [5.41, 5.74) is 5.51. The van der Waals surface area contributed by atoms with Gasteiger partial charge in [-0.2, -0.15) is 0 Å². The summed E-state index contributed by atoms with van der Waals surface area (Å²) in [5.74, 6) is -0.335. The second-order valence-electron chi connectivity index (χ2n) is 5.11. The van der Waals surface area contributed by atoms with Gasteiger partial charge in [-0.3, -0.25) is 4.79 Å². The highest BCUT2D eigenvalue weighted by Gasteiger charge is 2.29. The molecule has 0 aromatic carbocycles. The summed E-state index contributed by atoms with van der Waals surface area (Å²) in [6, 6.07) is -0.570. The summed E-state index contributed by atoms with van der Waals surface area (Å²) in [4.78, 5) is 11.5. The minimum atomic E-state index is -0.570. The molecular formula is C11H21NO3. The van der Waals surface area contributed by atoms with E-state index in [1.165, 1.54) is 0 Å². The first kappa shape index (κ1) is 12.5. The van der Waals surface area contributed by atoms with Crippen LogP contribution in [0.1, 0.15) is 33.6 Å². The molecule has 0 aromatic heterocycles. The fraction of sp³-hybridized carbons (Fsp3) is 0.909. The number of ether oxygens (including phenoxy) is 2. The molecule has 0 aliphatic carbocycles. The zero-order valence-electron chi connectivity index (χ0n) is 9.79. The summed E-state index contributed by atoms with van der Waals surface area (Å²) in [6.07, 6.45) is 2.09. The largest absolute Gasteiger partial charge is 0.462 e. The Morgan fingerprint density at radius 1 is 1.60 bits per heavy atom. The van der Waals surface area contributed by atoms with Crippen LogP contribution in [0.5, 0.6) is 0 Å². The Bertz CT molecular complexity index is 216. The Balaban J connectivity index is 2.29. The molecule has 4 heteroatoms. The van der Waals surface area contributed by atoms with Crippen LogP contribution in [0.3, 0.4) is 0 Å². The maximum absolute atomic E-state index is 11.5. The molecule has 1 saturated heterocycles. The minimum absolute atomic E-state index is 0.0705. The Morgan fingerprint density at radius 2 is 2.27 bits per heavy atom. The van der Waals surface area contributed by atoms with Gasteiger partial charge in [-0.1, -0.05) is 20.8 Å². The molecule has 0 saturated carbocycles. The number of esters is 1. The first-order valence-corrected chi connectivity index (χ1v) is 5.45. The van der Waals surface area contributed by atoms with E-state index >= 15 is 0 Å². The molecular weight excluding hydrogens is 194 g/mol. The third-order valence-corrected chi connectivity index (χ3v) is 2.62. The van der Waals surface area contributed by atoms with Crippen LogP contribution >= 0.6 is 0 Å². The molecule has 1 unspecified atom stereocenters. The van der Waals surface area contributed by atoms with Gasteiger partial charge in [-0.05, 0) is 18.3 Å². The molecule has 0 bridgehead atoms. The van der Waals surface area contributed by atoms with Gasteiger partial charge in [0.05, 0.1) is 6.10 Å². The standard InChI is InChI=1S/C11H21NO3/c1-11(2,3)9(12)10(13)15-7-8-5-4-6-14-8/h8-9H,4-7,12H2,1-3H3/t8?,9-/m1/s1. The van der Waals surface area contributed by atoms with E-state index in [1.54, 1.807) is 0 Å². The molecule has 1 fully saturated rings. The van der Waals surface area contributed by atoms with Crippen molar-refractivity contribution in [2.24, 2.45) is 11.1 Å². The van der Waals surface area contributed by atoms with Crippen molar-refractivity contribution in [3.8, 4) is 0 Å². The highest BCUT2D eigenvalue weighted by molar-refractivity contribution is 5.76. The van der Waals surface area contributed by atoms with Gasteiger partial charge < -0.3 is 15.2 Å². The number of carbonyl (C=O) groups excluding carboxylic acids is 1. The number of hydrogen-bond donors (Lipinski definition) is 1. The van der Waals surface area contributed by atoms with Gasteiger partial charge in [0.15, 0.2) is 0 Å². The lowest BCUT2D eigenvalue weighted by Gasteiger charge is -2.25. The van der Waals surface area contributed by atoms with Gasteiger partial charge in [0.2, 0.25) is 0 Å². The summed E-state index contributed by atoms with van der Waals surface area (Å²) in [6.45, 7) is 6.87. The van der Waals surface area contributed by atoms with E-state index in [0.717, 1.165) is 19.4 Å². The highest BCUT2D eigenvalue weighted by atomic mass is 16.6. The maximum Gasteiger partial charge on any atom is 0.323 e. The minimum Gasteiger partial charge on any atom is -0.462 e. The van der Waals surface area contributed by atoms with Crippen molar-refractivity contribution in [1.29, 1.82) is 0 Å². The smallest absolute Gasteiger partial charge is 0.323 e. The van der Waals surface area contributed by atoms with Crippen LogP contribution in [0.15, 0.2) is 0 Å². The SMILES string of the molecule is CC(C)(C)[C@H](N)C(=O)OCC1CCCO1. The van der Waals surface area contributed by atoms with E-state index in [0.29, 0.717) is 6.61 Å². The molecule has 1 aliphatic rings. The van der Waals surface area contributed by atoms with Crippen molar-refractivity contribution < 1.29 is 14.3 Å². The molecule has 0 spiro atoms. The molecule has 2 atom stereocenters. The van der Waals surface area contributed by atoms with Gasteiger partial charge in [0.25, 0.3) is 0 Å². The van der Waals surface area contributed by atoms with Crippen molar-refractivity contribution in [1.82, 2.24) is 0 Å². The molecule has 0 amide bonds. The molecule has 0 radical (unpaired) electrons. The van der Waals surface area contributed by atoms with E-state index in [4.69, 9.17) is 15.2 Å². The lowest BCUT2D eigenvalue weighted by Crippen LogP contribution is -2.44. The number of rotatable bonds is 3. The van der Waals surface area contributed by atoms with Gasteiger partial charge in [0.1, 0.15) is 12.6 Å². The van der Waals surface area contributed by atoms with Crippen LogP contribution in [0.25, 0.3) is 0 Å². The second-order valence-corrected chi connectivity index (χ2v) is 5.11. The molecule has 88 valence electrons. The first-order chi connectivity index (χ1) is 6.91. The van der Waals surface area contributed by atoms with Crippen LogP contribution in [0.4, 0.5) is 0 Å². The van der Waals surface area contributed by atoms with Gasteiger partial charge in [-0.15, -0.1) is 0 Å². The topological polar surface area (TPSA) is 61.6 Å². The third kappa shape index (κ3) is 3.80. The van der Waals surface area contributed by atoms with E-state index < -0.39 is 6.04 Å². The lowest BCUT2D eigenvalue weighted by atomic mass is 9.87. The van der Waals surface area contributed by atoms with Gasteiger partial charge in [-0.25, -0.2) is 0 Å². The lowest BCUT2D eigenvalue weighted by molar-refractivity contribution is -0.151. The number of nitrogens with two attached hydrogens (primary N) is 1. The van der Waals surface area contributed by atoms with E-state index in [1.807, 2.05) is 20.8 Å². The average molecular weight is 215 g/mol. The monoisotopic (exact) mass is 215 g/mol. The second kappa shape index (κ2) is 4.94. The van der Waals surface area contributed by atoms with Crippen molar-refractivity contribution in [3.63, 3.8) is 0 Å². The highest BCUT2D eigenvalue weighted by Crippen LogP contribution is 2.19. The predicted molar refractivity (Wildman–Crippen MR) is 57.4 cm³/mol. The predicted octanol–water partition coefficient (Wildman–Crippen LogP) is 1.08. The zero-order valence-corrected chi connectivity index (χ0v) is 9.79. The van der Waals surface area contributed by atoms with Gasteiger partial charge in [0, 0.05) is 6.61 Å². The van der Waals surface area contributed by atoms with Crippen molar-refractivity contribution in [2.45, 2.75) is 45.8 Å². The van der Waals surface area contributed by atoms with Crippen LogP contribution < -0.4 is 5.73 Å². The summed E-state index contributed by atoms with van der Waals surface area (Å²) in [5, 5.41) is 0. The Labute approximate surface area is 91.1 Å². The molecule has 1 rings (SSSR count). The molecule has 4 nitrogen and oxygen atoms in total. The first-order valence-electron chi connectivity index (χ1n) is 5.45. The third-order valence-electron chi connectivity index (χ3n) is 2.62. The Morgan fingerprint density at radius 3 is 2.73 bits per heavy atom. The van der Waals surface area contributed by atoms with Crippen LogP contribution in [-0.2, 0) is 14.3 Å². The fourth-order valence-corrected chi connectivity index (χ4v) is 1.39. The number of hydrogen-bond acceptors (Lipinski definition) is 4. The van der Waals surface area contributed by atoms with Crippen molar-refractivity contribution in [2.75, 3.05) is 13.2 Å². The zero-order chi connectivity index (χ0) is 11.5. The quantitative estimate of drug-likeness (QED) is 0.716. The summed E-state index contributed by atoms with van der Waals surface area (Å²) >= 11 is 0. The Hall–Kier alpha value is -0.610. The van der Waals surface area contributed by atoms with E-state index in [-0.39, 0.29) is 17.5 Å². The van der Waals surface area contributed by atoms with Crippen LogP contribution in [0.2, 0.25) is 0 Å². The maximum atomic E-state index is 11.5. The molecule has 2 N–H and O–H groups in total. The molecule has 0 aromatic rings. The fourth-order valence-electron chi connectivity index (χ4n) is 1.39.